The van der Waals surface area contributed by atoms with E-state index in [0.29, 0.717) is 11.4 Å². The van der Waals surface area contributed by atoms with Crippen molar-refractivity contribution in [2.75, 3.05) is 10.6 Å². The van der Waals surface area contributed by atoms with Crippen LogP contribution < -0.4 is 10.6 Å². The van der Waals surface area contributed by atoms with Crippen LogP contribution in [0.25, 0.3) is 0 Å². The predicted molar refractivity (Wildman–Crippen MR) is 86.0 cm³/mol. The van der Waals surface area contributed by atoms with Gasteiger partial charge in [0.1, 0.15) is 11.9 Å². The molecule has 2 N–H and O–H groups in total. The highest BCUT2D eigenvalue weighted by Gasteiger charge is 2.11. The molecule has 1 aromatic carbocycles. The number of carbonyl (C=O) groups is 2. The summed E-state index contributed by atoms with van der Waals surface area (Å²) >= 11 is 5.71. The highest BCUT2D eigenvalue weighted by Crippen LogP contribution is 2.20. The van der Waals surface area contributed by atoms with Crippen LogP contribution in [0.2, 0.25) is 0 Å². The number of hydrogen-bond acceptors (Lipinski definition) is 3. The fourth-order valence-corrected chi connectivity index (χ4v) is 1.91. The zero-order valence-electron chi connectivity index (χ0n) is 12.3. The van der Waals surface area contributed by atoms with Gasteiger partial charge in [0.25, 0.3) is 0 Å². The molecule has 22 heavy (non-hydrogen) atoms. The first-order valence-corrected chi connectivity index (χ1v) is 7.22. The summed E-state index contributed by atoms with van der Waals surface area (Å²) in [6.45, 7) is 3.60. The topological polar surface area (TPSA) is 76.0 Å². The number of anilines is 2. The van der Waals surface area contributed by atoms with Gasteiger partial charge in [0.05, 0.1) is 0 Å². The molecule has 0 fully saturated rings. The monoisotopic (exact) mass is 320 g/mol. The number of amides is 2. The number of aryl methyl sites for hydroxylation is 1. The number of rotatable bonds is 5. The van der Waals surface area contributed by atoms with Gasteiger partial charge < -0.3 is 10.6 Å². The molecule has 1 atom stereocenters. The number of alkyl halides is 1. The molecule has 1 aromatic heterocycles. The van der Waals surface area contributed by atoms with Gasteiger partial charge in [-0.2, -0.15) is 5.10 Å². The molecule has 2 amide bonds. The lowest BCUT2D eigenvalue weighted by atomic mass is 10.1. The molecule has 1 unspecified atom stereocenters. The summed E-state index contributed by atoms with van der Waals surface area (Å²) < 4.78 is 1.54. The van der Waals surface area contributed by atoms with Crippen molar-refractivity contribution < 1.29 is 9.59 Å². The molecule has 6 nitrogen and oxygen atoms in total. The first-order valence-electron chi connectivity index (χ1n) is 6.78. The Hall–Kier alpha value is -2.34. The Morgan fingerprint density at radius 3 is 2.73 bits per heavy atom. The largest absolute Gasteiger partial charge is 0.325 e. The number of benzene rings is 1. The lowest BCUT2D eigenvalue weighted by Gasteiger charge is -2.12. The van der Waals surface area contributed by atoms with Crippen molar-refractivity contribution in [2.24, 2.45) is 0 Å². The Labute approximate surface area is 133 Å². The molecule has 0 saturated carbocycles. The summed E-state index contributed by atoms with van der Waals surface area (Å²) in [7, 11) is 0. The second-order valence-corrected chi connectivity index (χ2v) is 5.54. The van der Waals surface area contributed by atoms with E-state index in [1.807, 2.05) is 6.92 Å². The standard InChI is InChI=1S/C15H17ClN4O2/c1-10-8-12(18-15(22)11(2)16)4-5-13(10)19-14(21)9-20-7-3-6-17-20/h3-8,11H,9H2,1-2H3,(H,18,22)(H,19,21). The van der Waals surface area contributed by atoms with Crippen LogP contribution in [0.5, 0.6) is 0 Å². The molecule has 0 bridgehead atoms. The fraction of sp³-hybridized carbons (Fsp3) is 0.267. The summed E-state index contributed by atoms with van der Waals surface area (Å²) in [6, 6.07) is 6.99. The summed E-state index contributed by atoms with van der Waals surface area (Å²) in [5.41, 5.74) is 2.17. The van der Waals surface area contributed by atoms with Crippen LogP contribution in [0.15, 0.2) is 36.7 Å². The van der Waals surface area contributed by atoms with Gasteiger partial charge in [-0.15, -0.1) is 11.6 Å². The van der Waals surface area contributed by atoms with E-state index in [4.69, 9.17) is 11.6 Å². The minimum atomic E-state index is -0.603. The number of halogens is 1. The van der Waals surface area contributed by atoms with Gasteiger partial charge in [0.2, 0.25) is 11.8 Å². The molecule has 116 valence electrons. The highest BCUT2D eigenvalue weighted by molar-refractivity contribution is 6.32. The Morgan fingerprint density at radius 1 is 1.36 bits per heavy atom. The van der Waals surface area contributed by atoms with Gasteiger partial charge >= 0.3 is 0 Å². The Morgan fingerprint density at radius 2 is 2.14 bits per heavy atom. The lowest BCUT2D eigenvalue weighted by Crippen LogP contribution is -2.21. The molecular formula is C15H17ClN4O2. The fourth-order valence-electron chi connectivity index (χ4n) is 1.85. The highest BCUT2D eigenvalue weighted by atomic mass is 35.5. The lowest BCUT2D eigenvalue weighted by molar-refractivity contribution is -0.117. The Bertz CT molecular complexity index is 668. The van der Waals surface area contributed by atoms with E-state index in [9.17, 15) is 9.59 Å². The molecule has 2 rings (SSSR count). The van der Waals surface area contributed by atoms with Crippen LogP contribution in [0.4, 0.5) is 11.4 Å². The van der Waals surface area contributed by atoms with Crippen LogP contribution in [0, 0.1) is 6.92 Å². The quantitative estimate of drug-likeness (QED) is 0.831. The van der Waals surface area contributed by atoms with Crippen molar-refractivity contribution in [3.63, 3.8) is 0 Å². The van der Waals surface area contributed by atoms with Gasteiger partial charge in [-0.3, -0.25) is 14.3 Å². The SMILES string of the molecule is Cc1cc(NC(=O)C(C)Cl)ccc1NC(=O)Cn1cccn1. The predicted octanol–water partition coefficient (Wildman–Crippen LogP) is 2.40. The number of nitrogens with one attached hydrogen (secondary N) is 2. The number of nitrogens with zero attached hydrogens (tertiary/aromatic N) is 2. The van der Waals surface area contributed by atoms with E-state index in [1.165, 1.54) is 0 Å². The number of hydrogen-bond donors (Lipinski definition) is 2. The first kappa shape index (κ1) is 16.0. The smallest absolute Gasteiger partial charge is 0.246 e. The van der Waals surface area contributed by atoms with E-state index in [0.717, 1.165) is 5.56 Å². The van der Waals surface area contributed by atoms with Crippen LogP contribution in [0.3, 0.4) is 0 Å². The van der Waals surface area contributed by atoms with Crippen molar-refractivity contribution in [3.8, 4) is 0 Å². The Kier molecular flexibility index (Phi) is 5.16. The summed E-state index contributed by atoms with van der Waals surface area (Å²) in [6.07, 6.45) is 3.34. The number of aromatic nitrogens is 2. The van der Waals surface area contributed by atoms with Crippen molar-refractivity contribution in [2.45, 2.75) is 25.8 Å². The van der Waals surface area contributed by atoms with Gasteiger partial charge in [-0.05, 0) is 43.7 Å². The van der Waals surface area contributed by atoms with Gasteiger partial charge in [0.15, 0.2) is 0 Å². The maximum atomic E-state index is 11.9. The van der Waals surface area contributed by atoms with Crippen molar-refractivity contribution in [1.82, 2.24) is 9.78 Å². The van der Waals surface area contributed by atoms with Crippen LogP contribution in [-0.2, 0) is 16.1 Å². The second kappa shape index (κ2) is 7.09. The summed E-state index contributed by atoms with van der Waals surface area (Å²) in [5, 5.41) is 8.89. The third-order valence-electron chi connectivity index (χ3n) is 2.99. The molecule has 1 heterocycles. The van der Waals surface area contributed by atoms with Gasteiger partial charge in [0, 0.05) is 23.8 Å². The third-order valence-corrected chi connectivity index (χ3v) is 3.19. The first-order chi connectivity index (χ1) is 10.5. The second-order valence-electron chi connectivity index (χ2n) is 4.89. The molecule has 0 radical (unpaired) electrons. The zero-order chi connectivity index (χ0) is 16.1. The summed E-state index contributed by atoms with van der Waals surface area (Å²) in [5.74, 6) is -0.436. The molecule has 0 saturated heterocycles. The molecular weight excluding hydrogens is 304 g/mol. The zero-order valence-corrected chi connectivity index (χ0v) is 13.1. The van der Waals surface area contributed by atoms with Gasteiger partial charge in [-0.1, -0.05) is 0 Å². The van der Waals surface area contributed by atoms with Crippen molar-refractivity contribution in [1.29, 1.82) is 0 Å². The average molecular weight is 321 g/mol. The van der Waals surface area contributed by atoms with Gasteiger partial charge in [-0.25, -0.2) is 0 Å². The molecule has 0 spiro atoms. The molecule has 0 aliphatic rings. The van der Waals surface area contributed by atoms with E-state index >= 15 is 0 Å². The van der Waals surface area contributed by atoms with E-state index < -0.39 is 5.38 Å². The van der Waals surface area contributed by atoms with E-state index in [-0.39, 0.29) is 18.4 Å². The van der Waals surface area contributed by atoms with Crippen LogP contribution >= 0.6 is 11.6 Å². The van der Waals surface area contributed by atoms with E-state index in [2.05, 4.69) is 15.7 Å². The molecule has 7 heteroatoms. The average Bonchev–Trinajstić information content (AvgIpc) is 2.94. The molecule has 0 aliphatic heterocycles. The third kappa shape index (κ3) is 4.33. The molecule has 0 aliphatic carbocycles. The maximum absolute atomic E-state index is 11.9. The van der Waals surface area contributed by atoms with E-state index in [1.54, 1.807) is 48.3 Å². The van der Waals surface area contributed by atoms with Crippen molar-refractivity contribution >= 4 is 34.8 Å². The molecule has 2 aromatic rings. The minimum Gasteiger partial charge on any atom is -0.325 e. The summed E-state index contributed by atoms with van der Waals surface area (Å²) in [4.78, 5) is 23.5. The van der Waals surface area contributed by atoms with Crippen molar-refractivity contribution in [3.05, 3.63) is 42.2 Å². The van der Waals surface area contributed by atoms with Crippen LogP contribution in [0.1, 0.15) is 12.5 Å². The Balaban J connectivity index is 2.00. The van der Waals surface area contributed by atoms with Crippen LogP contribution in [-0.4, -0.2) is 27.0 Å². The maximum Gasteiger partial charge on any atom is 0.246 e. The minimum absolute atomic E-state index is 0.148. The number of carbonyl (C=O) groups excluding carboxylic acids is 2. The normalized spacial score (nSPS) is 11.8.